The van der Waals surface area contributed by atoms with Crippen LogP contribution in [0.1, 0.15) is 79.3 Å². The molecule has 0 N–H and O–H groups in total. The largest absolute Gasteiger partial charge is 0.334 e. The molecule has 1 saturated heterocycles. The quantitative estimate of drug-likeness (QED) is 0.705. The van der Waals surface area contributed by atoms with E-state index >= 15 is 0 Å². The molecule has 4 rings (SSSR count). The van der Waals surface area contributed by atoms with Crippen molar-refractivity contribution in [1.82, 2.24) is 14.7 Å². The molecule has 1 aliphatic heterocycles. The van der Waals surface area contributed by atoms with Crippen LogP contribution in [0.15, 0.2) is 30.3 Å². The summed E-state index contributed by atoms with van der Waals surface area (Å²) in [5.74, 6) is 2.76. The monoisotopic (exact) mass is 403 g/mol. The predicted octanol–water partition coefficient (Wildman–Crippen LogP) is 4.16. The number of benzene rings is 1. The van der Waals surface area contributed by atoms with E-state index in [0.717, 1.165) is 41.8 Å². The van der Waals surface area contributed by atoms with Crippen LogP contribution in [-0.4, -0.2) is 32.9 Å². The number of hydrogen-bond acceptors (Lipinski definition) is 3. The molecular formula is C25H29N3O2. The predicted molar refractivity (Wildman–Crippen MR) is 116 cm³/mol. The van der Waals surface area contributed by atoms with Gasteiger partial charge in [0, 0.05) is 25.8 Å². The van der Waals surface area contributed by atoms with E-state index in [0.29, 0.717) is 32.4 Å². The molecule has 1 aromatic carbocycles. The van der Waals surface area contributed by atoms with Crippen LogP contribution in [0.5, 0.6) is 0 Å². The Kier molecular flexibility index (Phi) is 5.51. The molecule has 0 unspecified atom stereocenters. The first-order valence-electron chi connectivity index (χ1n) is 10.8. The fraction of sp³-hybridized carbons (Fsp3) is 0.480. The summed E-state index contributed by atoms with van der Waals surface area (Å²) in [7, 11) is 0. The van der Waals surface area contributed by atoms with Crippen LogP contribution >= 0.6 is 0 Å². The van der Waals surface area contributed by atoms with Gasteiger partial charge < -0.3 is 4.90 Å². The van der Waals surface area contributed by atoms with Gasteiger partial charge in [-0.15, -0.1) is 12.3 Å². The molecule has 5 heteroatoms. The molecule has 1 aliphatic carbocycles. The Morgan fingerprint density at radius 2 is 2.03 bits per heavy atom. The Hall–Kier alpha value is -2.87. The van der Waals surface area contributed by atoms with Gasteiger partial charge in [0.2, 0.25) is 5.91 Å². The van der Waals surface area contributed by atoms with Crippen LogP contribution in [0.25, 0.3) is 0 Å². The molecule has 2 heterocycles. The lowest BCUT2D eigenvalue weighted by atomic mass is 9.75. The van der Waals surface area contributed by atoms with Crippen molar-refractivity contribution in [3.63, 3.8) is 0 Å². The van der Waals surface area contributed by atoms with Crippen LogP contribution in [0.2, 0.25) is 0 Å². The standard InChI is InChI=1S/C25H29N3O2/c1-4-5-13-22(30)27-14-9-12-19(27)24-23-20(15-25(2,3)16-21(23)29)28(26-24)17-18-10-7-6-8-11-18/h1,6-8,10-11,19H,5,9,12-17H2,2-3H3/t19-/m1/s1. The van der Waals surface area contributed by atoms with E-state index in [1.165, 1.54) is 0 Å². The third-order valence-electron chi connectivity index (χ3n) is 6.20. The molecule has 1 aromatic heterocycles. The molecule has 0 bridgehead atoms. The normalized spacial score (nSPS) is 20.1. The van der Waals surface area contributed by atoms with Gasteiger partial charge in [-0.2, -0.15) is 5.10 Å². The van der Waals surface area contributed by atoms with Gasteiger partial charge in [-0.1, -0.05) is 44.2 Å². The Morgan fingerprint density at radius 3 is 2.77 bits per heavy atom. The third-order valence-corrected chi connectivity index (χ3v) is 6.20. The second-order valence-corrected chi connectivity index (χ2v) is 9.24. The van der Waals surface area contributed by atoms with E-state index < -0.39 is 0 Å². The zero-order valence-electron chi connectivity index (χ0n) is 17.9. The molecule has 1 amide bonds. The van der Waals surface area contributed by atoms with Gasteiger partial charge in [0.05, 0.1) is 29.5 Å². The number of carbonyl (C=O) groups is 2. The van der Waals surface area contributed by atoms with Gasteiger partial charge in [0.1, 0.15) is 0 Å². The second kappa shape index (κ2) is 8.10. The number of terminal acetylenes is 1. The lowest BCUT2D eigenvalue weighted by Gasteiger charge is -2.30. The van der Waals surface area contributed by atoms with Crippen molar-refractivity contribution >= 4 is 11.7 Å². The maximum Gasteiger partial charge on any atom is 0.224 e. The lowest BCUT2D eigenvalue weighted by Crippen LogP contribution is -2.32. The summed E-state index contributed by atoms with van der Waals surface area (Å²) >= 11 is 0. The van der Waals surface area contributed by atoms with Crippen LogP contribution < -0.4 is 0 Å². The van der Waals surface area contributed by atoms with E-state index in [-0.39, 0.29) is 23.1 Å². The fourth-order valence-electron chi connectivity index (χ4n) is 4.83. The number of nitrogens with zero attached hydrogens (tertiary/aromatic N) is 3. The van der Waals surface area contributed by atoms with Crippen molar-refractivity contribution in [3.8, 4) is 12.3 Å². The third kappa shape index (κ3) is 3.92. The number of aromatic nitrogens is 2. The van der Waals surface area contributed by atoms with E-state index in [2.05, 4.69) is 31.9 Å². The van der Waals surface area contributed by atoms with E-state index in [1.807, 2.05) is 27.8 Å². The number of rotatable bonds is 5. The zero-order valence-corrected chi connectivity index (χ0v) is 17.9. The summed E-state index contributed by atoms with van der Waals surface area (Å²) in [6, 6.07) is 10.1. The molecule has 30 heavy (non-hydrogen) atoms. The Balaban J connectivity index is 1.74. The minimum Gasteiger partial charge on any atom is -0.334 e. The minimum atomic E-state index is -0.133. The molecule has 2 aliphatic rings. The van der Waals surface area contributed by atoms with Crippen molar-refractivity contribution in [1.29, 1.82) is 0 Å². The topological polar surface area (TPSA) is 55.2 Å². The van der Waals surface area contributed by atoms with Crippen molar-refractivity contribution in [3.05, 3.63) is 52.8 Å². The number of hydrogen-bond donors (Lipinski definition) is 0. The molecule has 5 nitrogen and oxygen atoms in total. The van der Waals surface area contributed by atoms with Crippen LogP contribution in [0, 0.1) is 17.8 Å². The summed E-state index contributed by atoms with van der Waals surface area (Å²) in [5.41, 5.74) is 3.62. The number of amides is 1. The summed E-state index contributed by atoms with van der Waals surface area (Å²) in [4.78, 5) is 27.8. The zero-order chi connectivity index (χ0) is 21.3. The van der Waals surface area contributed by atoms with Gasteiger partial charge in [-0.3, -0.25) is 14.3 Å². The average molecular weight is 404 g/mol. The molecule has 2 aromatic rings. The number of ketones is 1. The van der Waals surface area contributed by atoms with Crippen LogP contribution in [-0.2, 0) is 17.8 Å². The first kappa shape index (κ1) is 20.4. The highest BCUT2D eigenvalue weighted by Crippen LogP contribution is 2.41. The average Bonchev–Trinajstić information content (AvgIpc) is 3.31. The number of carbonyl (C=O) groups excluding carboxylic acids is 2. The molecule has 0 spiro atoms. The Morgan fingerprint density at radius 1 is 1.27 bits per heavy atom. The van der Waals surface area contributed by atoms with E-state index in [1.54, 1.807) is 0 Å². The fourth-order valence-corrected chi connectivity index (χ4v) is 4.83. The van der Waals surface area contributed by atoms with Crippen molar-refractivity contribution in [2.75, 3.05) is 6.54 Å². The first-order valence-corrected chi connectivity index (χ1v) is 10.8. The summed E-state index contributed by atoms with van der Waals surface area (Å²) in [5, 5.41) is 4.96. The van der Waals surface area contributed by atoms with Crippen molar-refractivity contribution in [2.45, 2.75) is 65.0 Å². The molecule has 156 valence electrons. The molecule has 0 radical (unpaired) electrons. The SMILES string of the molecule is C#CCCC(=O)N1CCC[C@@H]1c1nn(Cc2ccccc2)c2c1C(=O)CC(C)(C)C2. The lowest BCUT2D eigenvalue weighted by molar-refractivity contribution is -0.132. The molecular weight excluding hydrogens is 374 g/mol. The highest BCUT2D eigenvalue weighted by Gasteiger charge is 2.41. The van der Waals surface area contributed by atoms with Crippen LogP contribution in [0.3, 0.4) is 0 Å². The minimum absolute atomic E-state index is 0.0606. The number of likely N-dealkylation sites (tertiary alicyclic amines) is 1. The van der Waals surface area contributed by atoms with Crippen LogP contribution in [0.4, 0.5) is 0 Å². The van der Waals surface area contributed by atoms with E-state index in [9.17, 15) is 9.59 Å². The highest BCUT2D eigenvalue weighted by atomic mass is 16.2. The van der Waals surface area contributed by atoms with E-state index in [4.69, 9.17) is 11.5 Å². The summed E-state index contributed by atoms with van der Waals surface area (Å²) in [6.45, 7) is 5.61. The number of Topliss-reactive ketones (excluding diaryl/α,β-unsaturated/α-hetero) is 1. The molecule has 0 saturated carbocycles. The second-order valence-electron chi connectivity index (χ2n) is 9.24. The molecule has 1 atom stereocenters. The Labute approximate surface area is 178 Å². The maximum absolute atomic E-state index is 13.2. The summed E-state index contributed by atoms with van der Waals surface area (Å²) < 4.78 is 2.00. The molecule has 1 fully saturated rings. The Bertz CT molecular complexity index is 997. The summed E-state index contributed by atoms with van der Waals surface area (Å²) in [6.07, 6.45) is 9.23. The van der Waals surface area contributed by atoms with Crippen molar-refractivity contribution < 1.29 is 9.59 Å². The van der Waals surface area contributed by atoms with Gasteiger partial charge in [0.25, 0.3) is 0 Å². The van der Waals surface area contributed by atoms with Gasteiger partial charge in [0.15, 0.2) is 5.78 Å². The maximum atomic E-state index is 13.2. The van der Waals surface area contributed by atoms with Gasteiger partial charge in [-0.05, 0) is 30.2 Å². The smallest absolute Gasteiger partial charge is 0.224 e. The first-order chi connectivity index (χ1) is 14.4. The highest BCUT2D eigenvalue weighted by molar-refractivity contribution is 6.00. The van der Waals surface area contributed by atoms with Crippen molar-refractivity contribution in [2.24, 2.45) is 5.41 Å². The van der Waals surface area contributed by atoms with Gasteiger partial charge in [-0.25, -0.2) is 0 Å². The van der Waals surface area contributed by atoms with Gasteiger partial charge >= 0.3 is 0 Å². The number of fused-ring (bicyclic) bond motifs is 1.